The van der Waals surface area contributed by atoms with Gasteiger partial charge in [0.15, 0.2) is 11.5 Å². The first-order valence-corrected chi connectivity index (χ1v) is 6.13. The Labute approximate surface area is 110 Å². The van der Waals surface area contributed by atoms with Gasteiger partial charge in [0.25, 0.3) is 5.56 Å². The molecule has 2 N–H and O–H groups in total. The van der Waals surface area contributed by atoms with E-state index in [2.05, 4.69) is 10.1 Å². The van der Waals surface area contributed by atoms with Crippen molar-refractivity contribution in [1.29, 1.82) is 0 Å². The van der Waals surface area contributed by atoms with Crippen LogP contribution >= 0.6 is 11.3 Å². The van der Waals surface area contributed by atoms with Crippen LogP contribution in [0, 0.1) is 6.92 Å². The molecule has 2 heterocycles. The van der Waals surface area contributed by atoms with E-state index >= 15 is 0 Å². The standard InChI is InChI=1S/C11H9N3O4S/c1-4-10(17)12-11-14(13-4)5-3-6(15)7(16)8(18-2)9(5)19-11/h3,15-16H,1-2H3. The highest BCUT2D eigenvalue weighted by Crippen LogP contribution is 2.44. The minimum absolute atomic E-state index is 0.136. The maximum absolute atomic E-state index is 11.5. The van der Waals surface area contributed by atoms with Crippen LogP contribution in [0.5, 0.6) is 17.2 Å². The molecule has 98 valence electrons. The number of ether oxygens (including phenoxy) is 1. The Bertz CT molecular complexity index is 868. The number of nitrogens with zero attached hydrogens (tertiary/aromatic N) is 3. The Morgan fingerprint density at radius 1 is 1.42 bits per heavy atom. The lowest BCUT2D eigenvalue weighted by molar-refractivity contribution is 0.355. The molecule has 0 radical (unpaired) electrons. The lowest BCUT2D eigenvalue weighted by Gasteiger charge is -2.05. The fraction of sp³-hybridized carbons (Fsp3) is 0.182. The SMILES string of the molecule is COc1c(O)c(O)cc2c1sc1nc(=O)c(C)nn12. The maximum atomic E-state index is 11.5. The van der Waals surface area contributed by atoms with Gasteiger partial charge >= 0.3 is 0 Å². The number of phenolic OH excluding ortho intramolecular Hbond substituents is 2. The molecule has 0 atom stereocenters. The van der Waals surface area contributed by atoms with Crippen molar-refractivity contribution in [2.24, 2.45) is 0 Å². The van der Waals surface area contributed by atoms with Crippen LogP contribution < -0.4 is 10.3 Å². The summed E-state index contributed by atoms with van der Waals surface area (Å²) >= 11 is 1.15. The maximum Gasteiger partial charge on any atom is 0.295 e. The summed E-state index contributed by atoms with van der Waals surface area (Å²) in [7, 11) is 1.38. The molecule has 0 fully saturated rings. The molecule has 0 aliphatic carbocycles. The van der Waals surface area contributed by atoms with Crippen molar-refractivity contribution in [2.75, 3.05) is 7.11 Å². The largest absolute Gasteiger partial charge is 0.504 e. The number of hydrogen-bond acceptors (Lipinski definition) is 7. The Morgan fingerprint density at radius 2 is 2.16 bits per heavy atom. The number of thiazole rings is 1. The van der Waals surface area contributed by atoms with E-state index < -0.39 is 5.56 Å². The van der Waals surface area contributed by atoms with E-state index in [-0.39, 0.29) is 22.9 Å². The first-order valence-electron chi connectivity index (χ1n) is 5.32. The molecule has 1 aromatic carbocycles. The molecular weight excluding hydrogens is 270 g/mol. The lowest BCUT2D eigenvalue weighted by atomic mass is 10.2. The molecule has 0 saturated heterocycles. The van der Waals surface area contributed by atoms with Gasteiger partial charge in [-0.15, -0.1) is 0 Å². The predicted molar refractivity (Wildman–Crippen MR) is 69.3 cm³/mol. The van der Waals surface area contributed by atoms with Gasteiger partial charge in [-0.2, -0.15) is 10.1 Å². The van der Waals surface area contributed by atoms with E-state index in [0.717, 1.165) is 11.3 Å². The van der Waals surface area contributed by atoms with Gasteiger partial charge in [-0.3, -0.25) is 4.79 Å². The van der Waals surface area contributed by atoms with Gasteiger partial charge in [-0.1, -0.05) is 11.3 Å². The molecule has 0 unspecified atom stereocenters. The number of methoxy groups -OCH3 is 1. The van der Waals surface area contributed by atoms with E-state index in [9.17, 15) is 15.0 Å². The van der Waals surface area contributed by atoms with Gasteiger partial charge in [0, 0.05) is 6.07 Å². The van der Waals surface area contributed by atoms with E-state index in [1.54, 1.807) is 6.92 Å². The van der Waals surface area contributed by atoms with Crippen molar-refractivity contribution < 1.29 is 14.9 Å². The summed E-state index contributed by atoms with van der Waals surface area (Å²) < 4.78 is 7.08. The first kappa shape index (κ1) is 11.7. The quantitative estimate of drug-likeness (QED) is 0.646. The minimum Gasteiger partial charge on any atom is -0.504 e. The molecule has 19 heavy (non-hydrogen) atoms. The number of phenols is 2. The molecule has 2 aromatic heterocycles. The zero-order valence-corrected chi connectivity index (χ0v) is 10.9. The van der Waals surface area contributed by atoms with E-state index in [0.29, 0.717) is 15.2 Å². The van der Waals surface area contributed by atoms with Gasteiger partial charge < -0.3 is 14.9 Å². The van der Waals surface area contributed by atoms with Gasteiger partial charge in [-0.25, -0.2) is 4.52 Å². The van der Waals surface area contributed by atoms with E-state index in [1.807, 2.05) is 0 Å². The molecule has 7 nitrogen and oxygen atoms in total. The Hall–Kier alpha value is -2.35. The van der Waals surface area contributed by atoms with Gasteiger partial charge in [-0.05, 0) is 6.92 Å². The Kier molecular flexibility index (Phi) is 2.36. The third-order valence-electron chi connectivity index (χ3n) is 2.73. The summed E-state index contributed by atoms with van der Waals surface area (Å²) in [5.41, 5.74) is 0.366. The highest BCUT2D eigenvalue weighted by atomic mass is 32.1. The number of aromatic hydroxyl groups is 2. The summed E-state index contributed by atoms with van der Waals surface area (Å²) in [6.07, 6.45) is 0. The van der Waals surface area contributed by atoms with Crippen molar-refractivity contribution >= 4 is 26.5 Å². The van der Waals surface area contributed by atoms with Crippen LogP contribution in [0.3, 0.4) is 0 Å². The van der Waals surface area contributed by atoms with Crippen molar-refractivity contribution in [3.8, 4) is 17.2 Å². The molecule has 3 aromatic rings. The average molecular weight is 279 g/mol. The Balaban J connectivity index is 2.57. The normalized spacial score (nSPS) is 11.3. The second-order valence-corrected chi connectivity index (χ2v) is 4.90. The molecule has 0 bridgehead atoms. The van der Waals surface area contributed by atoms with Crippen LogP contribution in [0.4, 0.5) is 0 Å². The van der Waals surface area contributed by atoms with Crippen molar-refractivity contribution in [1.82, 2.24) is 14.6 Å². The zero-order valence-electron chi connectivity index (χ0n) is 10.0. The van der Waals surface area contributed by atoms with Crippen molar-refractivity contribution in [3.05, 3.63) is 22.1 Å². The first-order chi connectivity index (χ1) is 9.02. The number of aromatic nitrogens is 3. The molecular formula is C11H9N3O4S. The summed E-state index contributed by atoms with van der Waals surface area (Å²) in [6, 6.07) is 1.36. The second kappa shape index (κ2) is 3.82. The summed E-state index contributed by atoms with van der Waals surface area (Å²) in [6.45, 7) is 1.56. The van der Waals surface area contributed by atoms with Crippen LogP contribution in [0.2, 0.25) is 0 Å². The third-order valence-corrected chi connectivity index (χ3v) is 3.78. The fourth-order valence-corrected chi connectivity index (χ4v) is 2.87. The average Bonchev–Trinajstić information content (AvgIpc) is 2.69. The van der Waals surface area contributed by atoms with Crippen molar-refractivity contribution in [2.45, 2.75) is 6.92 Å². The van der Waals surface area contributed by atoms with Gasteiger partial charge in [0.2, 0.25) is 10.7 Å². The van der Waals surface area contributed by atoms with Crippen LogP contribution in [-0.4, -0.2) is 31.9 Å². The van der Waals surface area contributed by atoms with Gasteiger partial charge in [0.05, 0.1) is 12.6 Å². The second-order valence-electron chi connectivity index (χ2n) is 3.92. The van der Waals surface area contributed by atoms with Crippen LogP contribution in [0.1, 0.15) is 5.69 Å². The number of aryl methyl sites for hydroxylation is 1. The molecule has 0 saturated carbocycles. The smallest absolute Gasteiger partial charge is 0.295 e. The molecule has 8 heteroatoms. The molecule has 0 amide bonds. The monoisotopic (exact) mass is 279 g/mol. The third kappa shape index (κ3) is 1.53. The lowest BCUT2D eigenvalue weighted by Crippen LogP contribution is -2.14. The van der Waals surface area contributed by atoms with E-state index in [1.165, 1.54) is 17.7 Å². The molecule has 0 spiro atoms. The summed E-state index contributed by atoms with van der Waals surface area (Å²) in [5, 5.41) is 23.5. The number of hydrogen-bond donors (Lipinski definition) is 2. The van der Waals surface area contributed by atoms with Crippen LogP contribution in [0.15, 0.2) is 10.9 Å². The van der Waals surface area contributed by atoms with Crippen LogP contribution in [0.25, 0.3) is 15.2 Å². The highest BCUT2D eigenvalue weighted by Gasteiger charge is 2.18. The summed E-state index contributed by atoms with van der Waals surface area (Å²) in [4.78, 5) is 15.7. The summed E-state index contributed by atoms with van der Waals surface area (Å²) in [5.74, 6) is -0.527. The van der Waals surface area contributed by atoms with Gasteiger partial charge in [0.1, 0.15) is 10.4 Å². The van der Waals surface area contributed by atoms with Crippen molar-refractivity contribution in [3.63, 3.8) is 0 Å². The zero-order chi connectivity index (χ0) is 13.7. The predicted octanol–water partition coefficient (Wildman–Crippen LogP) is 1.03. The molecule has 0 aliphatic heterocycles. The number of rotatable bonds is 1. The molecule has 0 aliphatic rings. The topological polar surface area (TPSA) is 97.0 Å². The van der Waals surface area contributed by atoms with E-state index in [4.69, 9.17) is 4.74 Å². The van der Waals surface area contributed by atoms with Crippen LogP contribution in [-0.2, 0) is 0 Å². The number of fused-ring (bicyclic) bond motifs is 3. The fourth-order valence-electron chi connectivity index (χ4n) is 1.81. The Morgan fingerprint density at radius 3 is 2.84 bits per heavy atom. The number of benzene rings is 1. The minimum atomic E-state index is -0.404. The molecule has 3 rings (SSSR count). The highest BCUT2D eigenvalue weighted by molar-refractivity contribution is 7.24.